The number of carbonyl (C=O) groups excluding carboxylic acids is 2. The Kier molecular flexibility index (Phi) is 49.3. The van der Waals surface area contributed by atoms with E-state index in [0.717, 1.165) is 127 Å². The van der Waals surface area contributed by atoms with Crippen LogP contribution >= 0.6 is 23.8 Å². The summed E-state index contributed by atoms with van der Waals surface area (Å²) in [4.78, 5) is 54.9. The highest BCUT2D eigenvalue weighted by molar-refractivity contribution is 7.80. The summed E-state index contributed by atoms with van der Waals surface area (Å²) in [6.45, 7) is 9.06. The number of anilines is 7. The monoisotopic (exact) mass is 1600 g/mol. The average molecular weight is 1600 g/mol. The van der Waals surface area contributed by atoms with Crippen molar-refractivity contribution in [1.29, 1.82) is 5.26 Å². The number of aromatic nitrogens is 1. The van der Waals surface area contributed by atoms with E-state index < -0.39 is 45.4 Å². The Labute approximate surface area is 668 Å². The fourth-order valence-corrected chi connectivity index (χ4v) is 13.1. The van der Waals surface area contributed by atoms with Crippen LogP contribution < -0.4 is 41.7 Å². The number of nitrogen functional groups attached to an aromatic ring is 2. The Balaban J connectivity index is 0.000000346. The third-order valence-electron chi connectivity index (χ3n) is 18.4. The quantitative estimate of drug-likeness (QED) is 0.0224. The lowest BCUT2D eigenvalue weighted by atomic mass is 10.0. The van der Waals surface area contributed by atoms with Crippen LogP contribution in [0.4, 0.5) is 81.9 Å². The first kappa shape index (κ1) is 94.7. The molecular weight excluding hydrogens is 1490 g/mol. The van der Waals surface area contributed by atoms with Gasteiger partial charge in [0.05, 0.1) is 76.3 Å². The molecule has 19 nitrogen and oxygen atoms in total. The molecule has 7 N–H and O–H groups in total. The zero-order valence-electron chi connectivity index (χ0n) is 65.6. The lowest BCUT2D eigenvalue weighted by molar-refractivity contribution is -0.387. The molecule has 5 heterocycles. The molecule has 5 fully saturated rings. The lowest BCUT2D eigenvalue weighted by Gasteiger charge is -2.29. The zero-order chi connectivity index (χ0) is 83.0. The van der Waals surface area contributed by atoms with Gasteiger partial charge in [0.2, 0.25) is 5.82 Å². The summed E-state index contributed by atoms with van der Waals surface area (Å²) < 4.78 is 93.0. The standard InChI is InChI=1S/C20H23FN4OS.C13H17FN2O2.2C13H19FN2.C8H16.C7H5ClO.C6H3F2NO2.C2H3N.CH3F.CH4O/c21-16-8-9-18(25-11-4-2-1-3-5-12-25)17(13-16)23-20(27)24-19(26)15-7-6-10-22-14-15;14-11-6-7-12(13(10-11)16(17)18)15-8-4-2-1-3-5-9-15;2*14-11-6-7-13(12(15)10-11)16-8-4-2-1-3-5-9-16;1-2-4-6-8-7-5-3-1;8-7(9)6-4-2-1-3-5-6;7-4-1-2-5(8)6(3-4)9(10)11;1-2-3;2*1-2/h6-10,13-14H,1-5,11-12H2,(H2,23,24,26,27);6-7,10H,1-5,8-9H2;2*6-7,10H,1-5,8-9,15H2;1-8H2;1-5H;1-3H;1H3;1H3;2H,1H3/i;;;;;;;;1D;. The topological polar surface area (TPSA) is 266 Å². The second-order valence-corrected chi connectivity index (χ2v) is 27.4. The number of halogens is 8. The number of nitrogens with one attached hydrogen (secondary N) is 2. The summed E-state index contributed by atoms with van der Waals surface area (Å²) in [5.74, 6) is -3.63. The predicted molar refractivity (Wildman–Crippen MR) is 443 cm³/mol. The van der Waals surface area contributed by atoms with Gasteiger partial charge >= 0.3 is 5.69 Å². The fraction of sp³-hybridized carbons (Fsp3) is 0.464. The average Bonchev–Trinajstić information content (AvgIpc) is 0.844. The van der Waals surface area contributed by atoms with Gasteiger partial charge in [-0.05, 0) is 166 Å². The minimum absolute atomic E-state index is 0.128. The van der Waals surface area contributed by atoms with Crippen LogP contribution in [0.2, 0.25) is 0 Å². The highest BCUT2D eigenvalue weighted by Gasteiger charge is 2.22. The first-order chi connectivity index (χ1) is 54.6. The maximum atomic E-state index is 13.8. The first-order valence-corrected chi connectivity index (χ1v) is 39.2. The number of rotatable bonds is 9. The summed E-state index contributed by atoms with van der Waals surface area (Å²) in [5, 5.41) is 40.6. The van der Waals surface area contributed by atoms with Crippen molar-refractivity contribution in [3.05, 3.63) is 212 Å². The third-order valence-corrected chi connectivity index (χ3v) is 18.8. The van der Waals surface area contributed by atoms with E-state index in [9.17, 15) is 60.6 Å². The van der Waals surface area contributed by atoms with Gasteiger partial charge in [-0.25, -0.2) is 22.0 Å². The highest BCUT2D eigenvalue weighted by atomic mass is 35.5. The van der Waals surface area contributed by atoms with Gasteiger partial charge in [0.15, 0.2) is 5.11 Å². The van der Waals surface area contributed by atoms with Gasteiger partial charge in [-0.1, -0.05) is 159 Å². The number of benzene rings is 6. The second kappa shape index (κ2) is 58.3. The Morgan fingerprint density at radius 2 is 0.795 bits per heavy atom. The third kappa shape index (κ3) is 39.0. The molecule has 1 saturated carbocycles. The van der Waals surface area contributed by atoms with Crippen molar-refractivity contribution < 1.29 is 56.6 Å². The lowest BCUT2D eigenvalue weighted by Crippen LogP contribution is -2.35. The number of nitrogens with two attached hydrogens (primary N) is 2. The normalized spacial score (nSPS) is 15.1. The number of alkyl halides is 1. The summed E-state index contributed by atoms with van der Waals surface area (Å²) in [6, 6.07) is 33.7. The van der Waals surface area contributed by atoms with Crippen LogP contribution in [0.1, 0.15) is 209 Å². The molecule has 0 spiro atoms. The van der Waals surface area contributed by atoms with Crippen molar-refractivity contribution in [2.45, 2.75) is 187 Å². The molecule has 0 atom stereocenters. The van der Waals surface area contributed by atoms with E-state index >= 15 is 0 Å². The molecule has 1 aromatic heterocycles. The Bertz CT molecular complexity index is 3800. The minimum atomic E-state index is -1.03. The smallest absolute Gasteiger partial charge is 0.307 e. The van der Waals surface area contributed by atoms with Gasteiger partial charge in [0.25, 0.3) is 16.8 Å². The number of hydrogen-bond donors (Lipinski definition) is 5. The molecule has 0 unspecified atom stereocenters. The fourth-order valence-electron chi connectivity index (χ4n) is 12.8. The Hall–Kier alpha value is -9.65. The number of carbonyl (C=O) groups is 2. The molecular formula is C84H112ClF7N12O7S. The van der Waals surface area contributed by atoms with E-state index in [1.807, 2.05) is 11.0 Å². The van der Waals surface area contributed by atoms with Crippen molar-refractivity contribution in [2.24, 2.45) is 0 Å². The van der Waals surface area contributed by atoms with Crippen molar-refractivity contribution in [3.8, 4) is 6.07 Å². The number of amides is 1. The number of aliphatic hydroxyl groups excluding tert-OH is 1. The van der Waals surface area contributed by atoms with Crippen molar-refractivity contribution in [2.75, 3.05) is 103 Å². The molecule has 0 radical (unpaired) electrons. The molecule has 4 saturated heterocycles. The van der Waals surface area contributed by atoms with E-state index in [2.05, 4.69) is 30.3 Å². The van der Waals surface area contributed by atoms with E-state index in [1.54, 1.807) is 66.9 Å². The van der Waals surface area contributed by atoms with Gasteiger partial charge in [-0.2, -0.15) is 9.65 Å². The van der Waals surface area contributed by atoms with Crippen molar-refractivity contribution >= 4 is 91.3 Å². The minimum Gasteiger partial charge on any atom is -0.400 e. The molecule has 1 amide bonds. The van der Waals surface area contributed by atoms with Crippen LogP contribution in [0.5, 0.6) is 0 Å². The summed E-state index contributed by atoms with van der Waals surface area (Å²) in [7, 11) is 0. The molecule has 7 aromatic rings. The SMILES string of the molecule is C1CCCCCCC1.CC#N.CO.Nc1cc(F)ccc1N1CCCCCCC1.Nc1cc(F)ccc1N1CCCCCCC1.O=C(Cl)c1ccccc1.O=C(NC(=S)Nc1cc(F)ccc1N1CCCCCCC1)c1cccnc1.O=[N+]([O-])c1cc(F)ccc1F.O=[N+]([O-])c1cc(F)ccc1N1CCCCCCC1.[2H]CF. The number of nitro groups is 2. The Morgan fingerprint density at radius 1 is 0.491 bits per heavy atom. The van der Waals surface area contributed by atoms with Gasteiger partial charge in [-0.3, -0.25) is 44.5 Å². The molecule has 4 aliphatic heterocycles. The summed E-state index contributed by atoms with van der Waals surface area (Å²) >= 11 is 10.4. The van der Waals surface area contributed by atoms with Gasteiger partial charge in [0, 0.05) is 84.3 Å². The number of nitro benzene ring substituents is 2. The van der Waals surface area contributed by atoms with Crippen LogP contribution in [0.25, 0.3) is 0 Å². The molecule has 6 aromatic carbocycles. The van der Waals surface area contributed by atoms with Gasteiger partial charge in [-0.15, -0.1) is 0 Å². The number of nitriles is 1. The van der Waals surface area contributed by atoms with E-state index in [1.165, 1.54) is 203 Å². The summed E-state index contributed by atoms with van der Waals surface area (Å²) in [6.07, 6.45) is 39.2. The highest BCUT2D eigenvalue weighted by Crippen LogP contribution is 2.33. The van der Waals surface area contributed by atoms with Crippen LogP contribution in [-0.2, 0) is 0 Å². The molecule has 0 bridgehead atoms. The zero-order valence-corrected chi connectivity index (χ0v) is 66.2. The first-order valence-electron chi connectivity index (χ1n) is 39.1. The van der Waals surface area contributed by atoms with Crippen molar-refractivity contribution in [3.63, 3.8) is 0 Å². The molecule has 5 aliphatic rings. The Morgan fingerprint density at radius 3 is 1.12 bits per heavy atom. The van der Waals surface area contributed by atoms with Crippen LogP contribution in [0.3, 0.4) is 0 Å². The second-order valence-electron chi connectivity index (χ2n) is 26.7. The van der Waals surface area contributed by atoms with Gasteiger partial charge in [0.1, 0.15) is 34.8 Å². The maximum Gasteiger partial charge on any atom is 0.307 e. The maximum absolute atomic E-state index is 13.8. The number of nitrogens with zero attached hydrogens (tertiary/aromatic N) is 8. The number of pyridine rings is 1. The molecule has 28 heteroatoms. The number of thiocarbonyl (C=S) groups is 1. The van der Waals surface area contributed by atoms with Crippen LogP contribution in [-0.4, -0.2) is 103 Å². The molecule has 112 heavy (non-hydrogen) atoms. The summed E-state index contributed by atoms with van der Waals surface area (Å²) in [5.41, 5.74) is 16.8. The largest absolute Gasteiger partial charge is 0.400 e. The van der Waals surface area contributed by atoms with E-state index in [4.69, 9.17) is 47.0 Å². The number of aliphatic hydroxyl groups is 1. The van der Waals surface area contributed by atoms with Crippen LogP contribution in [0.15, 0.2) is 146 Å². The van der Waals surface area contributed by atoms with E-state index in [0.29, 0.717) is 46.0 Å². The van der Waals surface area contributed by atoms with E-state index in [-0.39, 0.29) is 34.2 Å². The molecule has 1 aliphatic carbocycles. The van der Waals surface area contributed by atoms with Gasteiger partial charge < -0.3 is 41.5 Å². The predicted octanol–water partition coefficient (Wildman–Crippen LogP) is 21.8. The number of hydrogen-bond acceptors (Lipinski definition) is 16. The molecule has 12 rings (SSSR count). The van der Waals surface area contributed by atoms with Crippen molar-refractivity contribution in [1.82, 2.24) is 10.3 Å². The van der Waals surface area contributed by atoms with Crippen LogP contribution in [0, 0.1) is 66.5 Å². The molecule has 612 valence electrons.